The highest BCUT2D eigenvalue weighted by atomic mass is 16.5. The van der Waals surface area contributed by atoms with Crippen LogP contribution in [0.1, 0.15) is 49.8 Å². The number of benzene rings is 2. The molecule has 35 heavy (non-hydrogen) atoms. The molecular weight excluding hydrogens is 448 g/mol. The first-order valence-corrected chi connectivity index (χ1v) is 12.2. The molecule has 3 heterocycles. The molecule has 2 N–H and O–H groups in total. The molecule has 0 saturated carbocycles. The fourth-order valence-corrected chi connectivity index (χ4v) is 5.16. The third-order valence-electron chi connectivity index (χ3n) is 6.99. The predicted molar refractivity (Wildman–Crippen MR) is 128 cm³/mol. The first-order chi connectivity index (χ1) is 17.0. The lowest BCUT2D eigenvalue weighted by Gasteiger charge is -2.27. The zero-order valence-electron chi connectivity index (χ0n) is 19.8. The zero-order valence-corrected chi connectivity index (χ0v) is 19.8. The molecule has 2 saturated heterocycles. The molecular formula is C26H30N4O5. The Bertz CT molecular complexity index is 1120. The Balaban J connectivity index is 1.27. The van der Waals surface area contributed by atoms with Gasteiger partial charge in [0.05, 0.1) is 19.8 Å². The van der Waals surface area contributed by atoms with Crippen molar-refractivity contribution in [3.05, 3.63) is 59.7 Å². The van der Waals surface area contributed by atoms with Crippen LogP contribution in [0.25, 0.3) is 0 Å². The van der Waals surface area contributed by atoms with Crippen LogP contribution in [0.15, 0.2) is 48.5 Å². The maximum atomic E-state index is 13.3. The second kappa shape index (κ2) is 9.58. The molecule has 2 atom stereocenters. The molecule has 0 aliphatic carbocycles. The highest BCUT2D eigenvalue weighted by Gasteiger charge is 2.52. The van der Waals surface area contributed by atoms with Crippen molar-refractivity contribution in [2.24, 2.45) is 0 Å². The first kappa shape index (κ1) is 23.2. The van der Waals surface area contributed by atoms with Crippen LogP contribution in [0, 0.1) is 0 Å². The number of amides is 4. The second-order valence-corrected chi connectivity index (χ2v) is 9.12. The lowest BCUT2D eigenvalue weighted by Crippen LogP contribution is -2.51. The monoisotopic (exact) mass is 478 g/mol. The largest absolute Gasteiger partial charge is 0.490 e. The van der Waals surface area contributed by atoms with Gasteiger partial charge < -0.3 is 14.8 Å². The number of nitrogens with one attached hydrogen (secondary N) is 2. The number of imide groups is 1. The van der Waals surface area contributed by atoms with E-state index in [0.717, 1.165) is 47.9 Å². The fourth-order valence-electron chi connectivity index (χ4n) is 5.16. The van der Waals surface area contributed by atoms with Gasteiger partial charge in [0.2, 0.25) is 0 Å². The second-order valence-electron chi connectivity index (χ2n) is 9.12. The standard InChI is InChI=1S/C26H30N4O5/c1-2-26(19-8-4-3-5-9-19)24(32)30(25(33)27-26)28-23(31)17-29-13-6-10-20(29)18-11-12-21-22(16-18)35-15-7-14-34-21/h3-5,8-9,11-12,16,20H,2,6-7,10,13-15,17H2,1H3,(H,27,33)(H,28,31)/t20-,26+/m0/s1. The summed E-state index contributed by atoms with van der Waals surface area (Å²) in [5.41, 5.74) is 3.10. The first-order valence-electron chi connectivity index (χ1n) is 12.2. The molecule has 2 aromatic rings. The summed E-state index contributed by atoms with van der Waals surface area (Å²) in [7, 11) is 0. The number of hydrogen-bond acceptors (Lipinski definition) is 6. The molecule has 0 spiro atoms. The van der Waals surface area contributed by atoms with Gasteiger partial charge in [-0.25, -0.2) is 4.79 Å². The van der Waals surface area contributed by atoms with Crippen molar-refractivity contribution in [1.82, 2.24) is 20.7 Å². The number of hydrazine groups is 1. The molecule has 2 fully saturated rings. The molecule has 4 amide bonds. The maximum Gasteiger partial charge on any atom is 0.344 e. The van der Waals surface area contributed by atoms with Crippen LogP contribution in [-0.2, 0) is 15.1 Å². The third-order valence-corrected chi connectivity index (χ3v) is 6.99. The number of fused-ring (bicyclic) bond motifs is 1. The normalized spacial score (nSPS) is 24.3. The minimum atomic E-state index is -1.19. The van der Waals surface area contributed by atoms with E-state index in [1.807, 2.05) is 43.3 Å². The van der Waals surface area contributed by atoms with Crippen LogP contribution in [0.2, 0.25) is 0 Å². The van der Waals surface area contributed by atoms with Crippen LogP contribution in [-0.4, -0.2) is 54.1 Å². The van der Waals surface area contributed by atoms with Gasteiger partial charge >= 0.3 is 6.03 Å². The molecule has 0 unspecified atom stereocenters. The highest BCUT2D eigenvalue weighted by Crippen LogP contribution is 2.38. The van der Waals surface area contributed by atoms with Crippen molar-refractivity contribution < 1.29 is 23.9 Å². The van der Waals surface area contributed by atoms with Gasteiger partial charge in [0.15, 0.2) is 11.5 Å². The van der Waals surface area contributed by atoms with Gasteiger partial charge in [0.1, 0.15) is 5.54 Å². The van der Waals surface area contributed by atoms with Crippen molar-refractivity contribution in [3.63, 3.8) is 0 Å². The summed E-state index contributed by atoms with van der Waals surface area (Å²) < 4.78 is 11.6. The summed E-state index contributed by atoms with van der Waals surface area (Å²) >= 11 is 0. The van der Waals surface area contributed by atoms with Gasteiger partial charge in [-0.05, 0) is 49.1 Å². The van der Waals surface area contributed by atoms with E-state index in [1.54, 1.807) is 12.1 Å². The van der Waals surface area contributed by atoms with Gasteiger partial charge in [0.25, 0.3) is 11.8 Å². The number of hydrogen-bond donors (Lipinski definition) is 2. The molecule has 0 aromatic heterocycles. The number of ether oxygens (including phenoxy) is 2. The van der Waals surface area contributed by atoms with Crippen LogP contribution >= 0.6 is 0 Å². The summed E-state index contributed by atoms with van der Waals surface area (Å²) in [6, 6.07) is 14.4. The molecule has 5 rings (SSSR count). The molecule has 2 aromatic carbocycles. The van der Waals surface area contributed by atoms with Crippen molar-refractivity contribution in [1.29, 1.82) is 0 Å². The average molecular weight is 479 g/mol. The Morgan fingerprint density at radius 1 is 1.09 bits per heavy atom. The van der Waals surface area contributed by atoms with Crippen molar-refractivity contribution in [2.45, 2.75) is 44.2 Å². The van der Waals surface area contributed by atoms with Gasteiger partial charge in [-0.15, -0.1) is 0 Å². The average Bonchev–Trinajstić information content (AvgIpc) is 3.32. The minimum Gasteiger partial charge on any atom is -0.490 e. The molecule has 0 bridgehead atoms. The third kappa shape index (κ3) is 4.32. The topological polar surface area (TPSA) is 100 Å². The van der Waals surface area contributed by atoms with Gasteiger partial charge in [0, 0.05) is 12.5 Å². The van der Waals surface area contributed by atoms with Crippen LogP contribution in [0.5, 0.6) is 11.5 Å². The van der Waals surface area contributed by atoms with E-state index in [1.165, 1.54) is 0 Å². The molecule has 3 aliphatic heterocycles. The summed E-state index contributed by atoms with van der Waals surface area (Å²) in [5.74, 6) is 0.581. The van der Waals surface area contributed by atoms with Gasteiger partial charge in [-0.2, -0.15) is 5.01 Å². The van der Waals surface area contributed by atoms with E-state index in [2.05, 4.69) is 15.6 Å². The van der Waals surface area contributed by atoms with E-state index in [4.69, 9.17) is 9.47 Å². The zero-order chi connectivity index (χ0) is 24.4. The minimum absolute atomic E-state index is 0.0417. The van der Waals surface area contributed by atoms with Crippen LogP contribution in [0.4, 0.5) is 4.79 Å². The summed E-state index contributed by atoms with van der Waals surface area (Å²) in [6.07, 6.45) is 3.06. The highest BCUT2D eigenvalue weighted by molar-refractivity contribution is 6.08. The quantitative estimate of drug-likeness (QED) is 0.620. The number of carbonyl (C=O) groups excluding carboxylic acids is 3. The Labute approximate surface area is 204 Å². The lowest BCUT2D eigenvalue weighted by molar-refractivity contribution is -0.140. The number of rotatable bonds is 6. The molecule has 0 radical (unpaired) electrons. The number of likely N-dealkylation sites (tertiary alicyclic amines) is 1. The Morgan fingerprint density at radius 2 is 1.86 bits per heavy atom. The summed E-state index contributed by atoms with van der Waals surface area (Å²) in [4.78, 5) is 41.0. The van der Waals surface area contributed by atoms with Crippen molar-refractivity contribution in [3.8, 4) is 11.5 Å². The van der Waals surface area contributed by atoms with Crippen LogP contribution < -0.4 is 20.2 Å². The van der Waals surface area contributed by atoms with Gasteiger partial charge in [-0.1, -0.05) is 43.3 Å². The Hall–Kier alpha value is -3.59. The van der Waals surface area contributed by atoms with E-state index >= 15 is 0 Å². The van der Waals surface area contributed by atoms with Gasteiger partial charge in [-0.3, -0.25) is 19.9 Å². The Morgan fingerprint density at radius 3 is 2.63 bits per heavy atom. The van der Waals surface area contributed by atoms with Crippen molar-refractivity contribution >= 4 is 17.8 Å². The van der Waals surface area contributed by atoms with E-state index < -0.39 is 23.4 Å². The summed E-state index contributed by atoms with van der Waals surface area (Å²) in [5, 5.41) is 3.60. The van der Waals surface area contributed by atoms with E-state index in [0.29, 0.717) is 25.2 Å². The lowest BCUT2D eigenvalue weighted by atomic mass is 9.87. The maximum absolute atomic E-state index is 13.3. The number of carbonyl (C=O) groups is 3. The fraction of sp³-hybridized carbons (Fsp3) is 0.423. The molecule has 9 nitrogen and oxygen atoms in total. The molecule has 184 valence electrons. The molecule has 3 aliphatic rings. The SMILES string of the molecule is CC[C@]1(c2ccccc2)NC(=O)N(NC(=O)CN2CCC[C@H]2c2ccc3c(c2)OCCCO3)C1=O. The van der Waals surface area contributed by atoms with Crippen molar-refractivity contribution in [2.75, 3.05) is 26.3 Å². The number of nitrogens with zero attached hydrogens (tertiary/aromatic N) is 2. The summed E-state index contributed by atoms with van der Waals surface area (Å²) in [6.45, 7) is 3.90. The number of urea groups is 1. The van der Waals surface area contributed by atoms with E-state index in [-0.39, 0.29) is 12.6 Å². The predicted octanol–water partition coefficient (Wildman–Crippen LogP) is 2.87. The van der Waals surface area contributed by atoms with Crippen LogP contribution in [0.3, 0.4) is 0 Å². The van der Waals surface area contributed by atoms with E-state index in [9.17, 15) is 14.4 Å². The molecule has 9 heteroatoms. The Kier molecular flexibility index (Phi) is 6.34. The smallest absolute Gasteiger partial charge is 0.344 e.